The highest BCUT2D eigenvalue weighted by atomic mass is 16.6. The number of hydrogen-bond donors (Lipinski definition) is 3. The standard InChI is InChI=1S/C55H69N9O11/c1-32(2)39(60-49(67)73-52(5,6)7)47(65)71-44-38(30-70-55(34-23-17-14-18-24-34,35-25-19-15-20-26-35)36-27-21-16-22-28-36)64(51(69)75-54(11,12)13)43(37-29-57-42-41(37)58-31-59-46(42)62-63-56)45(44)72-48(66)40(33(3)4)61-50(68)74-53(8,9)10/h14-29,31-33,38-40,43-45,57H,30H2,1-13H3,(H,60,67)(H,61,68)/t38-,39?,40?,43+,44-,45+/m1/s1. The Labute approximate surface area is 437 Å². The zero-order chi connectivity index (χ0) is 55.0. The summed E-state index contributed by atoms with van der Waals surface area (Å²) in [7, 11) is 0. The van der Waals surface area contributed by atoms with Gasteiger partial charge in [0.25, 0.3) is 0 Å². The topological polar surface area (TPSA) is 258 Å². The van der Waals surface area contributed by atoms with Crippen LogP contribution in [0.15, 0.2) is 109 Å². The number of nitrogens with one attached hydrogen (secondary N) is 3. The van der Waals surface area contributed by atoms with Gasteiger partial charge in [-0.3, -0.25) is 4.90 Å². The number of carbonyl (C=O) groups excluding carboxylic acids is 5. The van der Waals surface area contributed by atoms with Crippen molar-refractivity contribution < 1.29 is 52.4 Å². The molecule has 20 heteroatoms. The van der Waals surface area contributed by atoms with Gasteiger partial charge in [0.15, 0.2) is 18.0 Å². The molecule has 1 fully saturated rings. The molecular weight excluding hydrogens is 963 g/mol. The van der Waals surface area contributed by atoms with Crippen molar-refractivity contribution in [3.05, 3.63) is 136 Å². The quantitative estimate of drug-likeness (QED) is 0.0208. The molecule has 0 saturated carbocycles. The Kier molecular flexibility index (Phi) is 17.5. The lowest BCUT2D eigenvalue weighted by molar-refractivity contribution is -0.172. The van der Waals surface area contributed by atoms with Crippen LogP contribution in [0.2, 0.25) is 0 Å². The van der Waals surface area contributed by atoms with E-state index in [1.54, 1.807) is 90.0 Å². The summed E-state index contributed by atoms with van der Waals surface area (Å²) >= 11 is 0. The third-order valence-electron chi connectivity index (χ3n) is 11.9. The summed E-state index contributed by atoms with van der Waals surface area (Å²) in [5.41, 5.74) is 7.70. The van der Waals surface area contributed by atoms with Gasteiger partial charge in [0.2, 0.25) is 0 Å². The molecule has 20 nitrogen and oxygen atoms in total. The largest absolute Gasteiger partial charge is 0.454 e. The van der Waals surface area contributed by atoms with Crippen molar-refractivity contribution in [2.75, 3.05) is 6.61 Å². The summed E-state index contributed by atoms with van der Waals surface area (Å²) < 4.78 is 38.0. The lowest BCUT2D eigenvalue weighted by atomic mass is 9.80. The molecule has 0 bridgehead atoms. The molecule has 400 valence electrons. The number of fused-ring (bicyclic) bond motifs is 1. The third-order valence-corrected chi connectivity index (χ3v) is 11.9. The first-order valence-electron chi connectivity index (χ1n) is 24.8. The highest BCUT2D eigenvalue weighted by Gasteiger charge is 2.59. The van der Waals surface area contributed by atoms with Gasteiger partial charge in [-0.2, -0.15) is 0 Å². The number of aromatic nitrogens is 3. The summed E-state index contributed by atoms with van der Waals surface area (Å²) in [4.78, 5) is 88.3. The lowest BCUT2D eigenvalue weighted by Gasteiger charge is -2.39. The molecule has 3 N–H and O–H groups in total. The number of likely N-dealkylation sites (tertiary alicyclic amines) is 1. The summed E-state index contributed by atoms with van der Waals surface area (Å²) in [5.74, 6) is -3.25. The van der Waals surface area contributed by atoms with E-state index in [0.29, 0.717) is 16.7 Å². The normalized spacial score (nSPS) is 17.9. The van der Waals surface area contributed by atoms with Gasteiger partial charge in [0.1, 0.15) is 52.9 Å². The monoisotopic (exact) mass is 1030 g/mol. The van der Waals surface area contributed by atoms with Gasteiger partial charge in [0, 0.05) is 16.7 Å². The van der Waals surface area contributed by atoms with Gasteiger partial charge in [-0.25, -0.2) is 33.9 Å². The second-order valence-electron chi connectivity index (χ2n) is 21.9. The average molecular weight is 1030 g/mol. The maximum absolute atomic E-state index is 15.4. The van der Waals surface area contributed by atoms with Crippen molar-refractivity contribution in [3.8, 4) is 0 Å². The molecule has 3 aromatic carbocycles. The van der Waals surface area contributed by atoms with Crippen molar-refractivity contribution in [2.45, 2.75) is 149 Å². The Morgan fingerprint density at radius 3 is 1.52 bits per heavy atom. The van der Waals surface area contributed by atoms with Crippen LogP contribution in [0, 0.1) is 11.8 Å². The van der Waals surface area contributed by atoms with E-state index in [2.05, 4.69) is 35.6 Å². The molecule has 1 saturated heterocycles. The number of ether oxygens (including phenoxy) is 6. The fourth-order valence-corrected chi connectivity index (χ4v) is 8.81. The number of rotatable bonds is 16. The second-order valence-corrected chi connectivity index (χ2v) is 21.9. The number of azide groups is 1. The van der Waals surface area contributed by atoms with Crippen LogP contribution >= 0.6 is 0 Å². The molecule has 3 heterocycles. The van der Waals surface area contributed by atoms with Gasteiger partial charge in [-0.1, -0.05) is 119 Å². The minimum absolute atomic E-state index is 0.0836. The molecule has 1 aliphatic rings. The van der Waals surface area contributed by atoms with E-state index in [9.17, 15) is 15.1 Å². The number of carbonyl (C=O) groups is 5. The van der Waals surface area contributed by atoms with Crippen molar-refractivity contribution in [1.29, 1.82) is 0 Å². The fraction of sp³-hybridized carbons (Fsp3) is 0.473. The zero-order valence-electron chi connectivity index (χ0n) is 44.8. The molecule has 5 aromatic rings. The maximum atomic E-state index is 15.4. The number of alkyl carbamates (subject to hydrolysis) is 2. The smallest absolute Gasteiger partial charge is 0.411 e. The second kappa shape index (κ2) is 23.2. The van der Waals surface area contributed by atoms with Crippen LogP contribution in [0.5, 0.6) is 0 Å². The molecule has 2 unspecified atom stereocenters. The van der Waals surface area contributed by atoms with Crippen LogP contribution in [0.1, 0.15) is 118 Å². The number of H-pyrrole nitrogens is 1. The van der Waals surface area contributed by atoms with Gasteiger partial charge in [-0.05, 0) is 101 Å². The number of benzene rings is 3. The highest BCUT2D eigenvalue weighted by molar-refractivity contribution is 5.88. The average Bonchev–Trinajstić information content (AvgIpc) is 3.88. The Balaban J connectivity index is 1.65. The summed E-state index contributed by atoms with van der Waals surface area (Å²) in [6.45, 7) is 21.4. The number of nitrogens with zero attached hydrogens (tertiary/aromatic N) is 6. The molecule has 75 heavy (non-hydrogen) atoms. The molecule has 3 amide bonds. The minimum Gasteiger partial charge on any atom is -0.454 e. The SMILES string of the molecule is CC(C)C(NC(=O)OC(C)(C)C)C(=O)O[C@@H]1[C@H](OC(=O)C(NC(=O)OC(C)(C)C)C(C)C)[C@@H](COC(c2ccccc2)(c2ccccc2)c2ccccc2)N(C(=O)OC(C)(C)C)[C@H]1c1c[nH]c2c(N=[N+]=[N-])ncnc12. The first kappa shape index (κ1) is 56.6. The number of esters is 2. The lowest BCUT2D eigenvalue weighted by Crippen LogP contribution is -2.53. The Morgan fingerprint density at radius 2 is 1.11 bits per heavy atom. The van der Waals surface area contributed by atoms with Crippen molar-refractivity contribution in [3.63, 3.8) is 0 Å². The summed E-state index contributed by atoms with van der Waals surface area (Å²) in [5, 5.41) is 9.05. The van der Waals surface area contributed by atoms with Crippen LogP contribution < -0.4 is 10.6 Å². The van der Waals surface area contributed by atoms with Crippen molar-refractivity contribution in [1.82, 2.24) is 30.5 Å². The molecule has 1 aliphatic heterocycles. The minimum atomic E-state index is -1.67. The molecule has 0 spiro atoms. The van der Waals surface area contributed by atoms with Crippen LogP contribution in [-0.4, -0.2) is 104 Å². The first-order chi connectivity index (χ1) is 35.2. The van der Waals surface area contributed by atoms with E-state index in [1.807, 2.05) is 91.0 Å². The molecule has 6 rings (SSSR count). The van der Waals surface area contributed by atoms with E-state index in [0.717, 1.165) is 0 Å². The van der Waals surface area contributed by atoms with Gasteiger partial charge in [0.05, 0.1) is 17.6 Å². The number of amides is 3. The maximum Gasteiger partial charge on any atom is 0.411 e. The summed E-state index contributed by atoms with van der Waals surface area (Å²) in [6, 6.07) is 22.8. The molecular formula is C55H69N9O11. The van der Waals surface area contributed by atoms with E-state index in [4.69, 9.17) is 28.4 Å². The summed E-state index contributed by atoms with van der Waals surface area (Å²) in [6.07, 6.45) is -3.42. The fourth-order valence-electron chi connectivity index (χ4n) is 8.81. The molecule has 2 aromatic heterocycles. The molecule has 6 atom stereocenters. The van der Waals surface area contributed by atoms with E-state index < -0.39 is 107 Å². The van der Waals surface area contributed by atoms with Gasteiger partial charge < -0.3 is 44.0 Å². The van der Waals surface area contributed by atoms with Gasteiger partial charge >= 0.3 is 30.2 Å². The predicted octanol–water partition coefficient (Wildman–Crippen LogP) is 10.5. The van der Waals surface area contributed by atoms with Crippen LogP contribution in [0.25, 0.3) is 21.5 Å². The van der Waals surface area contributed by atoms with Crippen LogP contribution in [0.4, 0.5) is 20.2 Å². The number of hydrogen-bond acceptors (Lipinski definition) is 14. The third kappa shape index (κ3) is 13.7. The van der Waals surface area contributed by atoms with Crippen LogP contribution in [0.3, 0.4) is 0 Å². The Hall–Kier alpha value is -7.70. The van der Waals surface area contributed by atoms with E-state index in [-0.39, 0.29) is 22.4 Å². The van der Waals surface area contributed by atoms with Crippen LogP contribution in [-0.2, 0) is 43.6 Å². The predicted molar refractivity (Wildman–Crippen MR) is 278 cm³/mol. The first-order valence-corrected chi connectivity index (χ1v) is 24.8. The van der Waals surface area contributed by atoms with Gasteiger partial charge in [-0.15, -0.1) is 0 Å². The zero-order valence-corrected chi connectivity index (χ0v) is 44.8. The van der Waals surface area contributed by atoms with E-state index in [1.165, 1.54) is 17.4 Å². The number of aromatic amines is 1. The molecule has 0 radical (unpaired) electrons. The molecule has 0 aliphatic carbocycles. The van der Waals surface area contributed by atoms with Crippen molar-refractivity contribution >= 4 is 47.1 Å². The highest BCUT2D eigenvalue weighted by Crippen LogP contribution is 2.47. The van der Waals surface area contributed by atoms with E-state index >= 15 is 14.4 Å². The Morgan fingerprint density at radius 1 is 0.667 bits per heavy atom. The van der Waals surface area contributed by atoms with Crippen molar-refractivity contribution in [2.24, 2.45) is 17.0 Å². The Bertz CT molecular complexity index is 2740.